The quantitative estimate of drug-likeness (QED) is 0.827. The first-order chi connectivity index (χ1) is 10.8. The molecule has 0 radical (unpaired) electrons. The van der Waals surface area contributed by atoms with Gasteiger partial charge in [-0.25, -0.2) is 0 Å². The molecule has 2 rings (SSSR count). The van der Waals surface area contributed by atoms with E-state index in [1.54, 1.807) is 25.1 Å². The number of alkyl halides is 3. The Labute approximate surface area is 131 Å². The number of rotatable bonds is 4. The summed E-state index contributed by atoms with van der Waals surface area (Å²) in [6, 6.07) is 7.67. The van der Waals surface area contributed by atoms with E-state index in [0.717, 1.165) is 12.3 Å². The molecule has 1 aromatic heterocycles. The van der Waals surface area contributed by atoms with E-state index in [-0.39, 0.29) is 5.69 Å². The second kappa shape index (κ2) is 6.51. The van der Waals surface area contributed by atoms with Gasteiger partial charge in [-0.3, -0.25) is 9.78 Å². The molecule has 120 valence electrons. The van der Waals surface area contributed by atoms with E-state index in [1.165, 1.54) is 12.1 Å². The number of aromatic nitrogens is 1. The van der Waals surface area contributed by atoms with Crippen molar-refractivity contribution in [2.45, 2.75) is 13.1 Å². The highest BCUT2D eigenvalue weighted by atomic mass is 19.4. The number of pyridine rings is 1. The van der Waals surface area contributed by atoms with Gasteiger partial charge >= 0.3 is 6.18 Å². The van der Waals surface area contributed by atoms with E-state index >= 15 is 0 Å². The topological polar surface area (TPSA) is 54.0 Å². The summed E-state index contributed by atoms with van der Waals surface area (Å²) in [5.74, 6) is -0.405. The summed E-state index contributed by atoms with van der Waals surface area (Å²) in [6.07, 6.45) is -2.62. The Morgan fingerprint density at radius 3 is 2.61 bits per heavy atom. The average Bonchev–Trinajstić information content (AvgIpc) is 2.46. The Kier molecular flexibility index (Phi) is 4.68. The molecule has 1 amide bonds. The van der Waals surface area contributed by atoms with E-state index in [4.69, 9.17) is 0 Å². The predicted molar refractivity (Wildman–Crippen MR) is 82.5 cm³/mol. The number of amides is 1. The van der Waals surface area contributed by atoms with Crippen LogP contribution in [0.15, 0.2) is 49.2 Å². The third kappa shape index (κ3) is 4.32. The van der Waals surface area contributed by atoms with Crippen molar-refractivity contribution < 1.29 is 18.0 Å². The lowest BCUT2D eigenvalue weighted by atomic mass is 10.2. The molecule has 7 heteroatoms. The fourth-order valence-corrected chi connectivity index (χ4v) is 1.91. The van der Waals surface area contributed by atoms with E-state index in [9.17, 15) is 18.0 Å². The van der Waals surface area contributed by atoms with Crippen molar-refractivity contribution in [3.8, 4) is 0 Å². The smallest absolute Gasteiger partial charge is 0.355 e. The minimum atomic E-state index is -4.52. The molecule has 1 aromatic carbocycles. The lowest BCUT2D eigenvalue weighted by molar-refractivity contribution is -0.137. The van der Waals surface area contributed by atoms with Gasteiger partial charge in [0.05, 0.1) is 11.3 Å². The van der Waals surface area contributed by atoms with E-state index in [0.29, 0.717) is 17.1 Å². The molecule has 0 bridgehead atoms. The molecular weight excluding hydrogens is 307 g/mol. The number of hydrogen-bond acceptors (Lipinski definition) is 3. The van der Waals surface area contributed by atoms with Gasteiger partial charge < -0.3 is 10.6 Å². The summed E-state index contributed by atoms with van der Waals surface area (Å²) in [5, 5.41) is 5.26. The third-order valence-corrected chi connectivity index (χ3v) is 2.94. The van der Waals surface area contributed by atoms with Gasteiger partial charge in [-0.05, 0) is 37.3 Å². The predicted octanol–water partition coefficient (Wildman–Crippen LogP) is 4.28. The summed E-state index contributed by atoms with van der Waals surface area (Å²) in [4.78, 5) is 15.0. The van der Waals surface area contributed by atoms with Crippen LogP contribution in [0.1, 0.15) is 11.3 Å². The Morgan fingerprint density at radius 2 is 1.96 bits per heavy atom. The van der Waals surface area contributed by atoms with Crippen molar-refractivity contribution >= 4 is 23.0 Å². The monoisotopic (exact) mass is 321 g/mol. The molecule has 0 spiro atoms. The van der Waals surface area contributed by atoms with Gasteiger partial charge in [-0.1, -0.05) is 12.6 Å². The number of carbonyl (C=O) groups excluding carboxylic acids is 1. The Morgan fingerprint density at radius 1 is 1.26 bits per heavy atom. The maximum absolute atomic E-state index is 13.0. The van der Waals surface area contributed by atoms with Crippen LogP contribution >= 0.6 is 0 Å². The summed E-state index contributed by atoms with van der Waals surface area (Å²) in [7, 11) is 0. The molecule has 1 heterocycles. The van der Waals surface area contributed by atoms with E-state index in [1.807, 2.05) is 0 Å². The zero-order valence-electron chi connectivity index (χ0n) is 12.2. The normalized spacial score (nSPS) is 11.0. The number of halogens is 3. The Balaban J connectivity index is 2.32. The first-order valence-corrected chi connectivity index (χ1v) is 6.64. The molecule has 0 atom stereocenters. The molecule has 0 unspecified atom stereocenters. The first-order valence-electron chi connectivity index (χ1n) is 6.64. The summed E-state index contributed by atoms with van der Waals surface area (Å²) in [6.45, 7) is 4.94. The molecule has 0 aliphatic heterocycles. The van der Waals surface area contributed by atoms with Crippen LogP contribution in [0.4, 0.5) is 30.2 Å². The number of hydrogen-bond donors (Lipinski definition) is 2. The number of nitrogens with zero attached hydrogens (tertiary/aromatic N) is 1. The van der Waals surface area contributed by atoms with Crippen molar-refractivity contribution in [1.29, 1.82) is 0 Å². The SMILES string of the molecule is C=CC(=O)Nc1cccc(Nc2cc(C)ncc2C(F)(F)F)c1. The van der Waals surface area contributed by atoms with Crippen LogP contribution in [-0.2, 0) is 11.0 Å². The lowest BCUT2D eigenvalue weighted by Crippen LogP contribution is -2.10. The highest BCUT2D eigenvalue weighted by Crippen LogP contribution is 2.36. The van der Waals surface area contributed by atoms with Crippen LogP contribution in [0.5, 0.6) is 0 Å². The largest absolute Gasteiger partial charge is 0.419 e. The minimum absolute atomic E-state index is 0.0998. The van der Waals surface area contributed by atoms with Gasteiger partial charge in [0.15, 0.2) is 0 Å². The Hall–Kier alpha value is -2.83. The second-order valence-corrected chi connectivity index (χ2v) is 4.77. The van der Waals surface area contributed by atoms with Crippen LogP contribution in [0.3, 0.4) is 0 Å². The molecule has 0 saturated heterocycles. The van der Waals surface area contributed by atoms with Gasteiger partial charge in [-0.15, -0.1) is 0 Å². The first kappa shape index (κ1) is 16.5. The van der Waals surface area contributed by atoms with Crippen LogP contribution in [0, 0.1) is 6.92 Å². The average molecular weight is 321 g/mol. The van der Waals surface area contributed by atoms with Gasteiger partial charge in [0.25, 0.3) is 0 Å². The molecule has 0 aliphatic carbocycles. The molecule has 0 saturated carbocycles. The molecule has 2 N–H and O–H groups in total. The maximum Gasteiger partial charge on any atom is 0.419 e. The summed E-state index contributed by atoms with van der Waals surface area (Å²) >= 11 is 0. The summed E-state index contributed by atoms with van der Waals surface area (Å²) < 4.78 is 39.1. The second-order valence-electron chi connectivity index (χ2n) is 4.77. The van der Waals surface area contributed by atoms with Crippen LogP contribution in [0.2, 0.25) is 0 Å². The van der Waals surface area contributed by atoms with Crippen molar-refractivity contribution in [2.75, 3.05) is 10.6 Å². The van der Waals surface area contributed by atoms with Crippen LogP contribution in [-0.4, -0.2) is 10.9 Å². The number of anilines is 3. The maximum atomic E-state index is 13.0. The summed E-state index contributed by atoms with van der Waals surface area (Å²) in [5.41, 5.74) is 0.347. The standard InChI is InChI=1S/C16H14F3N3O/c1-3-15(23)22-12-6-4-5-11(8-12)21-14-7-10(2)20-9-13(14)16(17,18)19/h3-9H,1H2,2H3,(H,20,21)(H,22,23). The van der Waals surface area contributed by atoms with E-state index < -0.39 is 17.6 Å². The van der Waals surface area contributed by atoms with E-state index in [2.05, 4.69) is 22.2 Å². The lowest BCUT2D eigenvalue weighted by Gasteiger charge is -2.15. The third-order valence-electron chi connectivity index (χ3n) is 2.94. The van der Waals surface area contributed by atoms with Crippen molar-refractivity contribution in [2.24, 2.45) is 0 Å². The molecule has 2 aromatic rings. The highest BCUT2D eigenvalue weighted by Gasteiger charge is 2.34. The van der Waals surface area contributed by atoms with Crippen LogP contribution in [0.25, 0.3) is 0 Å². The van der Waals surface area contributed by atoms with Crippen molar-refractivity contribution in [1.82, 2.24) is 4.98 Å². The Bertz CT molecular complexity index is 742. The fraction of sp³-hybridized carbons (Fsp3) is 0.125. The molecule has 23 heavy (non-hydrogen) atoms. The van der Waals surface area contributed by atoms with Crippen molar-refractivity contribution in [3.05, 3.63) is 60.4 Å². The zero-order chi connectivity index (χ0) is 17.0. The number of aryl methyl sites for hydroxylation is 1. The van der Waals surface area contributed by atoms with Gasteiger partial charge in [0.2, 0.25) is 5.91 Å². The molecule has 4 nitrogen and oxygen atoms in total. The van der Waals surface area contributed by atoms with Crippen molar-refractivity contribution in [3.63, 3.8) is 0 Å². The van der Waals surface area contributed by atoms with Crippen LogP contribution < -0.4 is 10.6 Å². The van der Waals surface area contributed by atoms with Gasteiger partial charge in [0, 0.05) is 23.3 Å². The molecule has 0 aliphatic rings. The minimum Gasteiger partial charge on any atom is -0.355 e. The number of carbonyl (C=O) groups is 1. The fourth-order valence-electron chi connectivity index (χ4n) is 1.91. The van der Waals surface area contributed by atoms with Gasteiger partial charge in [0.1, 0.15) is 0 Å². The highest BCUT2D eigenvalue weighted by molar-refractivity contribution is 5.99. The molecule has 0 fully saturated rings. The number of benzene rings is 1. The van der Waals surface area contributed by atoms with Gasteiger partial charge in [-0.2, -0.15) is 13.2 Å². The molecular formula is C16H14F3N3O. The zero-order valence-corrected chi connectivity index (χ0v) is 12.2. The number of nitrogens with one attached hydrogen (secondary N) is 2.